The minimum absolute atomic E-state index is 0.0108. The Kier molecular flexibility index (Phi) is 6.23. The Balaban J connectivity index is 1.48. The van der Waals surface area contributed by atoms with Crippen LogP contribution < -0.4 is 4.90 Å². The summed E-state index contributed by atoms with van der Waals surface area (Å²) in [6.45, 7) is 5.41. The van der Waals surface area contributed by atoms with Crippen molar-refractivity contribution in [3.63, 3.8) is 0 Å². The smallest absolute Gasteiger partial charge is 0.354 e. The van der Waals surface area contributed by atoms with E-state index in [2.05, 4.69) is 15.2 Å². The number of pyridine rings is 1. The number of benzene rings is 1. The van der Waals surface area contributed by atoms with Crippen LogP contribution in [-0.4, -0.2) is 49.5 Å². The number of piperidine rings is 1. The van der Waals surface area contributed by atoms with Crippen molar-refractivity contribution in [3.05, 3.63) is 64.1 Å². The highest BCUT2D eigenvalue weighted by Crippen LogP contribution is 2.40. The molecule has 0 N–H and O–H groups in total. The largest absolute Gasteiger partial charge is 0.406 e. The molecule has 2 aliphatic heterocycles. The first-order valence-corrected chi connectivity index (χ1v) is 12.3. The minimum atomic E-state index is -4.43. The maximum Gasteiger partial charge on any atom is 0.406 e. The third-order valence-electron chi connectivity index (χ3n) is 7.34. The summed E-state index contributed by atoms with van der Waals surface area (Å²) in [4.78, 5) is 7.66. The Labute approximate surface area is 211 Å². The van der Waals surface area contributed by atoms with Gasteiger partial charge in [0.05, 0.1) is 12.2 Å². The van der Waals surface area contributed by atoms with E-state index in [0.717, 1.165) is 11.4 Å². The Hall–Kier alpha value is -2.72. The number of fused-ring (bicyclic) bond motifs is 3. The summed E-state index contributed by atoms with van der Waals surface area (Å²) in [6.07, 6.45) is -3.06. The molecule has 2 aliphatic rings. The average Bonchev–Trinajstić information content (AvgIpc) is 3.15. The predicted molar refractivity (Wildman–Crippen MR) is 129 cm³/mol. The van der Waals surface area contributed by atoms with Crippen molar-refractivity contribution in [1.29, 1.82) is 0 Å². The molecule has 4 heterocycles. The van der Waals surface area contributed by atoms with E-state index in [0.29, 0.717) is 54.0 Å². The molecule has 192 valence electrons. The molecule has 0 radical (unpaired) electrons. The highest BCUT2D eigenvalue weighted by molar-refractivity contribution is 6.30. The van der Waals surface area contributed by atoms with Crippen molar-refractivity contribution in [1.82, 2.24) is 24.6 Å². The van der Waals surface area contributed by atoms with Gasteiger partial charge in [-0.05, 0) is 69.5 Å². The van der Waals surface area contributed by atoms with Gasteiger partial charge in [0.2, 0.25) is 0 Å². The van der Waals surface area contributed by atoms with Crippen LogP contribution in [0.25, 0.3) is 5.69 Å². The topological polar surface area (TPSA) is 50.1 Å². The lowest BCUT2D eigenvalue weighted by atomic mass is 9.95. The third kappa shape index (κ3) is 4.34. The first-order chi connectivity index (χ1) is 17.0. The van der Waals surface area contributed by atoms with Gasteiger partial charge in [0.15, 0.2) is 17.5 Å². The van der Waals surface area contributed by atoms with Crippen molar-refractivity contribution < 1.29 is 17.6 Å². The second kappa shape index (κ2) is 8.99. The van der Waals surface area contributed by atoms with Crippen LogP contribution in [-0.2, 0) is 13.1 Å². The first kappa shape index (κ1) is 25.0. The molecule has 36 heavy (non-hydrogen) atoms. The Morgan fingerprint density at radius 1 is 1.00 bits per heavy atom. The summed E-state index contributed by atoms with van der Waals surface area (Å²) < 4.78 is 58.2. The summed E-state index contributed by atoms with van der Waals surface area (Å²) in [5, 5.41) is 9.26. The number of aryl methyl sites for hydroxylation is 1. The quantitative estimate of drug-likeness (QED) is 0.407. The number of hydrogen-bond donors (Lipinski definition) is 0. The molecular formula is C25H27ClF4N6. The molecule has 3 aromatic rings. The van der Waals surface area contributed by atoms with Gasteiger partial charge in [0, 0.05) is 36.3 Å². The van der Waals surface area contributed by atoms with Crippen LogP contribution >= 0.6 is 11.6 Å². The molecule has 0 bridgehead atoms. The molecule has 0 spiro atoms. The Morgan fingerprint density at radius 2 is 1.72 bits per heavy atom. The molecule has 1 fully saturated rings. The molecule has 2 aromatic heterocycles. The van der Waals surface area contributed by atoms with Gasteiger partial charge in [0.1, 0.15) is 11.4 Å². The van der Waals surface area contributed by atoms with Crippen LogP contribution in [0.15, 0.2) is 30.3 Å². The van der Waals surface area contributed by atoms with Crippen molar-refractivity contribution in [2.24, 2.45) is 0 Å². The number of alkyl halides is 3. The van der Waals surface area contributed by atoms with Gasteiger partial charge in [-0.3, -0.25) is 9.47 Å². The number of halogens is 5. The molecule has 0 saturated carbocycles. The maximum atomic E-state index is 14.4. The molecule has 1 saturated heterocycles. The van der Waals surface area contributed by atoms with Gasteiger partial charge in [-0.15, -0.1) is 10.2 Å². The van der Waals surface area contributed by atoms with E-state index < -0.39 is 11.7 Å². The fourth-order valence-corrected chi connectivity index (χ4v) is 5.16. The predicted octanol–water partition coefficient (Wildman–Crippen LogP) is 5.80. The molecule has 0 unspecified atom stereocenters. The average molecular weight is 523 g/mol. The van der Waals surface area contributed by atoms with Gasteiger partial charge >= 0.3 is 6.18 Å². The minimum Gasteiger partial charge on any atom is -0.354 e. The summed E-state index contributed by atoms with van der Waals surface area (Å²) >= 11 is 6.25. The zero-order valence-corrected chi connectivity index (χ0v) is 21.0. The van der Waals surface area contributed by atoms with Crippen LogP contribution in [0.3, 0.4) is 0 Å². The van der Waals surface area contributed by atoms with Gasteiger partial charge in [-0.25, -0.2) is 9.37 Å². The number of hydrogen-bond acceptors (Lipinski definition) is 5. The van der Waals surface area contributed by atoms with E-state index in [1.54, 1.807) is 18.2 Å². The summed E-state index contributed by atoms with van der Waals surface area (Å²) in [5.41, 5.74) is 0.0917. The van der Waals surface area contributed by atoms with Crippen LogP contribution in [0.2, 0.25) is 5.02 Å². The summed E-state index contributed by atoms with van der Waals surface area (Å²) in [5.74, 6) is 1.17. The lowest BCUT2D eigenvalue weighted by molar-refractivity contribution is -0.224. The highest BCUT2D eigenvalue weighted by atomic mass is 35.5. The van der Waals surface area contributed by atoms with Crippen LogP contribution in [0.1, 0.15) is 55.5 Å². The van der Waals surface area contributed by atoms with Crippen molar-refractivity contribution in [2.45, 2.75) is 64.3 Å². The Morgan fingerprint density at radius 3 is 2.42 bits per heavy atom. The zero-order chi connectivity index (χ0) is 25.8. The van der Waals surface area contributed by atoms with E-state index in [-0.39, 0.29) is 24.8 Å². The van der Waals surface area contributed by atoms with E-state index in [1.807, 2.05) is 22.5 Å². The molecule has 11 heteroatoms. The van der Waals surface area contributed by atoms with Gasteiger partial charge < -0.3 is 4.90 Å². The second-order valence-electron chi connectivity index (χ2n) is 10.0. The second-order valence-corrected chi connectivity index (χ2v) is 10.5. The van der Waals surface area contributed by atoms with E-state index in [1.165, 1.54) is 24.8 Å². The SMILES string of the molecule is Cc1ccc(F)c(N2CCC(c3nnc4n3-c3ccc(Cl)cc3CN(C(C)(C)C(F)(F)F)C4)CC2)n1. The van der Waals surface area contributed by atoms with E-state index in [9.17, 15) is 17.6 Å². The highest BCUT2D eigenvalue weighted by Gasteiger charge is 2.52. The standard InChI is InChI=1S/C25H27ClF4N6/c1-15-4-6-19(27)23(31-15)34-10-8-16(9-11-34)22-33-32-21-14-35(24(2,3)25(28,29)30)13-17-12-18(26)5-7-20(17)36(21)22/h4-7,12,16H,8-11,13-14H2,1-3H3. The molecule has 5 rings (SSSR count). The van der Waals surface area contributed by atoms with Gasteiger partial charge in [-0.2, -0.15) is 13.2 Å². The van der Waals surface area contributed by atoms with Gasteiger partial charge in [0.25, 0.3) is 0 Å². The monoisotopic (exact) mass is 522 g/mol. The van der Waals surface area contributed by atoms with Crippen molar-refractivity contribution >= 4 is 17.4 Å². The van der Waals surface area contributed by atoms with E-state index >= 15 is 0 Å². The number of rotatable bonds is 3. The number of aromatic nitrogens is 4. The fourth-order valence-electron chi connectivity index (χ4n) is 4.96. The fraction of sp³-hybridized carbons (Fsp3) is 0.480. The molecule has 0 aliphatic carbocycles. The molecule has 0 atom stereocenters. The first-order valence-electron chi connectivity index (χ1n) is 11.9. The lowest BCUT2D eigenvalue weighted by Gasteiger charge is -2.38. The maximum absolute atomic E-state index is 14.4. The van der Waals surface area contributed by atoms with Crippen LogP contribution in [0, 0.1) is 12.7 Å². The Bertz CT molecular complexity index is 1280. The third-order valence-corrected chi connectivity index (χ3v) is 7.58. The number of anilines is 1. The van der Waals surface area contributed by atoms with Crippen LogP contribution in [0.5, 0.6) is 0 Å². The zero-order valence-electron chi connectivity index (χ0n) is 20.3. The number of nitrogens with zero attached hydrogens (tertiary/aromatic N) is 6. The summed E-state index contributed by atoms with van der Waals surface area (Å²) in [6, 6.07) is 8.33. The van der Waals surface area contributed by atoms with Crippen molar-refractivity contribution in [3.8, 4) is 5.69 Å². The molecule has 6 nitrogen and oxygen atoms in total. The summed E-state index contributed by atoms with van der Waals surface area (Å²) in [7, 11) is 0. The lowest BCUT2D eigenvalue weighted by Crippen LogP contribution is -2.53. The molecular weight excluding hydrogens is 496 g/mol. The van der Waals surface area contributed by atoms with Gasteiger partial charge in [-0.1, -0.05) is 11.6 Å². The van der Waals surface area contributed by atoms with E-state index in [4.69, 9.17) is 11.6 Å². The normalized spacial score (nSPS) is 17.6. The molecule has 1 aromatic carbocycles. The van der Waals surface area contributed by atoms with Crippen LogP contribution in [0.4, 0.5) is 23.4 Å². The molecule has 0 amide bonds. The van der Waals surface area contributed by atoms with Crippen molar-refractivity contribution in [2.75, 3.05) is 18.0 Å².